The third kappa shape index (κ3) is 4.34. The van der Waals surface area contributed by atoms with Crippen LogP contribution in [0.1, 0.15) is 11.1 Å². The van der Waals surface area contributed by atoms with Gasteiger partial charge in [0.05, 0.1) is 10.6 Å². The van der Waals surface area contributed by atoms with Gasteiger partial charge < -0.3 is 10.6 Å². The van der Waals surface area contributed by atoms with E-state index in [0.717, 1.165) is 5.56 Å². The minimum absolute atomic E-state index is 0.164. The second-order valence-corrected chi connectivity index (χ2v) is 4.75. The summed E-state index contributed by atoms with van der Waals surface area (Å²) >= 11 is 0. The maximum atomic E-state index is 11.9. The number of nitrogens with zero attached hydrogens (tertiary/aromatic N) is 2. The molecule has 0 saturated heterocycles. The molecule has 2 rings (SSSR count). The molecule has 1 aromatic heterocycles. The van der Waals surface area contributed by atoms with E-state index in [-0.39, 0.29) is 17.9 Å². The minimum Gasteiger partial charge on any atom is -0.344 e. The number of nitro groups is 1. The number of carbonyl (C=O) groups excluding carboxylic acids is 2. The lowest BCUT2D eigenvalue weighted by molar-refractivity contribution is -0.384. The number of aromatic nitrogens is 1. The van der Waals surface area contributed by atoms with Crippen LogP contribution >= 0.6 is 0 Å². The first kappa shape index (κ1) is 16.1. The predicted molar refractivity (Wildman–Crippen MR) is 82.5 cm³/mol. The van der Waals surface area contributed by atoms with Crippen molar-refractivity contribution in [3.8, 4) is 0 Å². The van der Waals surface area contributed by atoms with Crippen molar-refractivity contribution >= 4 is 23.2 Å². The zero-order valence-corrected chi connectivity index (χ0v) is 12.3. The summed E-state index contributed by atoms with van der Waals surface area (Å²) in [6, 6.07) is 7.46. The molecule has 0 radical (unpaired) electrons. The van der Waals surface area contributed by atoms with Crippen molar-refractivity contribution < 1.29 is 14.5 Å². The van der Waals surface area contributed by atoms with Gasteiger partial charge in [0.1, 0.15) is 0 Å². The fraction of sp³-hybridized carbons (Fsp3) is 0.133. The van der Waals surface area contributed by atoms with E-state index in [2.05, 4.69) is 15.6 Å². The molecular weight excluding hydrogens is 300 g/mol. The Bertz CT molecular complexity index is 746. The SMILES string of the molecule is Cc1ccc([N+](=O)[O-])cc1NC(=O)C(=O)NCc1ccncc1. The van der Waals surface area contributed by atoms with Crippen LogP contribution in [0.15, 0.2) is 42.7 Å². The molecule has 118 valence electrons. The summed E-state index contributed by atoms with van der Waals surface area (Å²) in [6.07, 6.45) is 3.15. The Morgan fingerprint density at radius 2 is 1.87 bits per heavy atom. The number of rotatable bonds is 4. The number of hydrogen-bond acceptors (Lipinski definition) is 5. The van der Waals surface area contributed by atoms with E-state index in [1.807, 2.05) is 0 Å². The van der Waals surface area contributed by atoms with Gasteiger partial charge >= 0.3 is 11.8 Å². The van der Waals surface area contributed by atoms with Gasteiger partial charge in [-0.1, -0.05) is 6.07 Å². The van der Waals surface area contributed by atoms with E-state index >= 15 is 0 Å². The molecule has 0 atom stereocenters. The average molecular weight is 314 g/mol. The minimum atomic E-state index is -0.886. The first-order chi connectivity index (χ1) is 11.0. The topological polar surface area (TPSA) is 114 Å². The third-order valence-electron chi connectivity index (χ3n) is 3.09. The van der Waals surface area contributed by atoms with Gasteiger partial charge in [0, 0.05) is 31.1 Å². The maximum absolute atomic E-state index is 11.9. The van der Waals surface area contributed by atoms with Crippen LogP contribution in [0.25, 0.3) is 0 Å². The number of nitrogens with one attached hydrogen (secondary N) is 2. The van der Waals surface area contributed by atoms with Crippen LogP contribution in [-0.4, -0.2) is 21.7 Å². The Morgan fingerprint density at radius 3 is 2.52 bits per heavy atom. The molecule has 1 aromatic carbocycles. The summed E-state index contributed by atoms with van der Waals surface area (Å²) in [5.74, 6) is -1.71. The van der Waals surface area contributed by atoms with Crippen molar-refractivity contribution in [2.75, 3.05) is 5.32 Å². The highest BCUT2D eigenvalue weighted by Crippen LogP contribution is 2.21. The average Bonchev–Trinajstić information content (AvgIpc) is 2.55. The second-order valence-electron chi connectivity index (χ2n) is 4.75. The van der Waals surface area contributed by atoms with E-state index in [4.69, 9.17) is 0 Å². The summed E-state index contributed by atoms with van der Waals surface area (Å²) in [4.78, 5) is 37.7. The van der Waals surface area contributed by atoms with Crippen LogP contribution in [0, 0.1) is 17.0 Å². The molecule has 0 aliphatic carbocycles. The lowest BCUT2D eigenvalue weighted by atomic mass is 10.2. The summed E-state index contributed by atoms with van der Waals surface area (Å²) in [5, 5.41) is 15.6. The highest BCUT2D eigenvalue weighted by atomic mass is 16.6. The molecule has 0 saturated carbocycles. The standard InChI is InChI=1S/C15H14N4O4/c1-10-2-3-12(19(22)23)8-13(10)18-15(21)14(20)17-9-11-4-6-16-7-5-11/h2-8H,9H2,1H3,(H,17,20)(H,18,21). The summed E-state index contributed by atoms with van der Waals surface area (Å²) in [5.41, 5.74) is 1.48. The Morgan fingerprint density at radius 1 is 1.17 bits per heavy atom. The van der Waals surface area contributed by atoms with Gasteiger partial charge in [-0.2, -0.15) is 0 Å². The Balaban J connectivity index is 1.99. The summed E-state index contributed by atoms with van der Waals surface area (Å²) < 4.78 is 0. The molecule has 0 fully saturated rings. The molecule has 0 spiro atoms. The number of amides is 2. The number of nitro benzene ring substituents is 1. The van der Waals surface area contributed by atoms with Gasteiger partial charge in [0.2, 0.25) is 0 Å². The molecule has 0 bridgehead atoms. The number of carbonyl (C=O) groups is 2. The van der Waals surface area contributed by atoms with Gasteiger partial charge in [0.15, 0.2) is 0 Å². The molecule has 8 nitrogen and oxygen atoms in total. The van der Waals surface area contributed by atoms with Gasteiger partial charge in [-0.15, -0.1) is 0 Å². The van der Waals surface area contributed by atoms with Crippen LogP contribution in [0.2, 0.25) is 0 Å². The number of pyridine rings is 1. The normalized spacial score (nSPS) is 9.96. The maximum Gasteiger partial charge on any atom is 0.313 e. The molecule has 0 aliphatic rings. The van der Waals surface area contributed by atoms with Gasteiger partial charge in [-0.3, -0.25) is 24.7 Å². The number of hydrogen-bond donors (Lipinski definition) is 2. The monoisotopic (exact) mass is 314 g/mol. The van der Waals surface area contributed by atoms with Gasteiger partial charge in [-0.05, 0) is 30.2 Å². The van der Waals surface area contributed by atoms with Crippen LogP contribution < -0.4 is 10.6 Å². The Hall–Kier alpha value is -3.29. The van der Waals surface area contributed by atoms with E-state index in [1.54, 1.807) is 31.5 Å². The molecule has 2 amide bonds. The first-order valence-electron chi connectivity index (χ1n) is 6.70. The highest BCUT2D eigenvalue weighted by molar-refractivity contribution is 6.39. The van der Waals surface area contributed by atoms with Crippen molar-refractivity contribution in [3.63, 3.8) is 0 Å². The van der Waals surface area contributed by atoms with Crippen LogP contribution in [-0.2, 0) is 16.1 Å². The molecule has 2 N–H and O–H groups in total. The van der Waals surface area contributed by atoms with Crippen LogP contribution in [0.4, 0.5) is 11.4 Å². The molecule has 23 heavy (non-hydrogen) atoms. The largest absolute Gasteiger partial charge is 0.344 e. The van der Waals surface area contributed by atoms with Crippen LogP contribution in [0.5, 0.6) is 0 Å². The van der Waals surface area contributed by atoms with Crippen molar-refractivity contribution in [1.82, 2.24) is 10.3 Å². The lowest BCUT2D eigenvalue weighted by Gasteiger charge is -2.08. The van der Waals surface area contributed by atoms with Crippen LogP contribution in [0.3, 0.4) is 0 Å². The Labute approximate surface area is 131 Å². The second kappa shape index (κ2) is 7.12. The fourth-order valence-corrected chi connectivity index (χ4v) is 1.80. The van der Waals surface area contributed by atoms with Crippen molar-refractivity contribution in [3.05, 3.63) is 64.0 Å². The number of non-ortho nitro benzene ring substituents is 1. The van der Waals surface area contributed by atoms with Gasteiger partial charge in [0.25, 0.3) is 5.69 Å². The quantitative estimate of drug-likeness (QED) is 0.505. The van der Waals surface area contributed by atoms with E-state index in [0.29, 0.717) is 5.56 Å². The number of aryl methyl sites for hydroxylation is 1. The molecule has 2 aromatic rings. The fourth-order valence-electron chi connectivity index (χ4n) is 1.80. The van der Waals surface area contributed by atoms with Crippen molar-refractivity contribution in [2.45, 2.75) is 13.5 Å². The Kier molecular flexibility index (Phi) is 4.98. The van der Waals surface area contributed by atoms with Crippen molar-refractivity contribution in [2.24, 2.45) is 0 Å². The number of anilines is 1. The summed E-state index contributed by atoms with van der Waals surface area (Å²) in [7, 11) is 0. The van der Waals surface area contributed by atoms with E-state index in [9.17, 15) is 19.7 Å². The lowest BCUT2D eigenvalue weighted by Crippen LogP contribution is -2.35. The molecule has 8 heteroatoms. The van der Waals surface area contributed by atoms with E-state index in [1.165, 1.54) is 18.2 Å². The zero-order chi connectivity index (χ0) is 16.8. The molecule has 0 unspecified atom stereocenters. The first-order valence-corrected chi connectivity index (χ1v) is 6.70. The predicted octanol–water partition coefficient (Wildman–Crippen LogP) is 1.55. The molecule has 0 aliphatic heterocycles. The zero-order valence-electron chi connectivity index (χ0n) is 12.3. The van der Waals surface area contributed by atoms with Gasteiger partial charge in [-0.25, -0.2) is 0 Å². The highest BCUT2D eigenvalue weighted by Gasteiger charge is 2.16. The molecular formula is C15H14N4O4. The molecule has 1 heterocycles. The van der Waals surface area contributed by atoms with Crippen molar-refractivity contribution in [1.29, 1.82) is 0 Å². The number of benzene rings is 1. The third-order valence-corrected chi connectivity index (χ3v) is 3.09. The van der Waals surface area contributed by atoms with E-state index < -0.39 is 16.7 Å². The smallest absolute Gasteiger partial charge is 0.313 e. The summed E-state index contributed by atoms with van der Waals surface area (Å²) in [6.45, 7) is 1.86.